The number of hydrogen-bond acceptors (Lipinski definition) is 2. The second-order valence-electron chi connectivity index (χ2n) is 4.87. The molecule has 1 aromatic heterocycles. The minimum absolute atomic E-state index is 0.624. The van der Waals surface area contributed by atoms with E-state index in [-0.39, 0.29) is 0 Å². The number of methoxy groups -OCH3 is 1. The molecule has 0 atom stereocenters. The number of hydrogen-bond donors (Lipinski definition) is 0. The summed E-state index contributed by atoms with van der Waals surface area (Å²) in [6.45, 7) is 0. The first-order chi connectivity index (χ1) is 10.2. The van der Waals surface area contributed by atoms with Crippen LogP contribution < -0.4 is 4.74 Å². The lowest BCUT2D eigenvalue weighted by atomic mass is 10.1. The van der Waals surface area contributed by atoms with Crippen molar-refractivity contribution >= 4 is 60.2 Å². The first-order valence-electron chi connectivity index (χ1n) is 6.46. The monoisotopic (exact) mass is 360 g/mol. The van der Waals surface area contributed by atoms with Crippen LogP contribution in [0.3, 0.4) is 0 Å². The summed E-state index contributed by atoms with van der Waals surface area (Å²) in [6, 6.07) is 13.9. The Balaban J connectivity index is 2.28. The first kappa shape index (κ1) is 13.0. The lowest BCUT2D eigenvalue weighted by Crippen LogP contribution is -1.82. The second-order valence-corrected chi connectivity index (χ2v) is 6.13. The van der Waals surface area contributed by atoms with Crippen molar-refractivity contribution in [2.45, 2.75) is 0 Å². The standard InChI is InChI=1S/C17H10BrClO2/c1-20-10-7-13(19)16-14(8-10)21-17-11-5-3-2-4-9(11)6-12(18)15(16)17/h2-8H,1H3. The molecule has 0 spiro atoms. The molecule has 21 heavy (non-hydrogen) atoms. The van der Waals surface area contributed by atoms with Crippen LogP contribution in [0.1, 0.15) is 0 Å². The number of furan rings is 1. The normalized spacial score (nSPS) is 11.6. The summed E-state index contributed by atoms with van der Waals surface area (Å²) < 4.78 is 12.3. The van der Waals surface area contributed by atoms with Crippen molar-refractivity contribution in [3.63, 3.8) is 0 Å². The molecule has 0 saturated carbocycles. The molecule has 0 bridgehead atoms. The summed E-state index contributed by atoms with van der Waals surface area (Å²) in [7, 11) is 1.62. The van der Waals surface area contributed by atoms with Crippen LogP contribution >= 0.6 is 27.5 Å². The van der Waals surface area contributed by atoms with Crippen LogP contribution in [0.15, 0.2) is 51.4 Å². The molecule has 1 heterocycles. The molecule has 0 fully saturated rings. The number of fused-ring (bicyclic) bond motifs is 5. The highest BCUT2D eigenvalue weighted by atomic mass is 79.9. The van der Waals surface area contributed by atoms with Gasteiger partial charge in [-0.1, -0.05) is 35.9 Å². The van der Waals surface area contributed by atoms with E-state index in [0.717, 1.165) is 37.2 Å². The molecule has 0 aliphatic carbocycles. The molecule has 4 aromatic rings. The van der Waals surface area contributed by atoms with E-state index in [1.807, 2.05) is 18.2 Å². The minimum atomic E-state index is 0.624. The summed E-state index contributed by atoms with van der Waals surface area (Å²) in [5.41, 5.74) is 1.57. The van der Waals surface area contributed by atoms with Crippen molar-refractivity contribution in [2.24, 2.45) is 0 Å². The van der Waals surface area contributed by atoms with Gasteiger partial charge in [0, 0.05) is 26.7 Å². The summed E-state index contributed by atoms with van der Waals surface area (Å²) in [4.78, 5) is 0. The lowest BCUT2D eigenvalue weighted by molar-refractivity contribution is 0.414. The Labute approximate surface area is 134 Å². The Kier molecular flexibility index (Phi) is 2.88. The van der Waals surface area contributed by atoms with Crippen molar-refractivity contribution in [3.8, 4) is 5.75 Å². The van der Waals surface area contributed by atoms with Gasteiger partial charge in [-0.05, 0) is 33.4 Å². The largest absolute Gasteiger partial charge is 0.497 e. The van der Waals surface area contributed by atoms with Gasteiger partial charge >= 0.3 is 0 Å². The summed E-state index contributed by atoms with van der Waals surface area (Å²) in [5.74, 6) is 0.687. The van der Waals surface area contributed by atoms with Gasteiger partial charge in [-0.15, -0.1) is 0 Å². The molecule has 0 unspecified atom stereocenters. The van der Waals surface area contributed by atoms with Crippen LogP contribution in [-0.2, 0) is 0 Å². The predicted octanol–water partition coefficient (Wildman–Crippen LogP) is 6.16. The van der Waals surface area contributed by atoms with E-state index in [4.69, 9.17) is 20.8 Å². The van der Waals surface area contributed by atoms with Gasteiger partial charge in [-0.25, -0.2) is 0 Å². The van der Waals surface area contributed by atoms with Gasteiger partial charge in [0.15, 0.2) is 0 Å². The fourth-order valence-corrected chi connectivity index (χ4v) is 3.65. The second kappa shape index (κ2) is 4.65. The van der Waals surface area contributed by atoms with Gasteiger partial charge < -0.3 is 9.15 Å². The molecule has 104 valence electrons. The smallest absolute Gasteiger partial charge is 0.144 e. The fourth-order valence-electron chi connectivity index (χ4n) is 2.73. The van der Waals surface area contributed by atoms with E-state index in [2.05, 4.69) is 34.1 Å². The minimum Gasteiger partial charge on any atom is -0.497 e. The van der Waals surface area contributed by atoms with Crippen molar-refractivity contribution < 1.29 is 9.15 Å². The van der Waals surface area contributed by atoms with Gasteiger partial charge in [0.25, 0.3) is 0 Å². The van der Waals surface area contributed by atoms with Crippen molar-refractivity contribution in [2.75, 3.05) is 7.11 Å². The Hall–Kier alpha value is -1.71. The maximum Gasteiger partial charge on any atom is 0.144 e. The van der Waals surface area contributed by atoms with E-state index in [9.17, 15) is 0 Å². The number of benzene rings is 3. The van der Waals surface area contributed by atoms with Crippen LogP contribution in [0.25, 0.3) is 32.7 Å². The molecule has 0 aliphatic rings. The topological polar surface area (TPSA) is 22.4 Å². The van der Waals surface area contributed by atoms with E-state index >= 15 is 0 Å². The van der Waals surface area contributed by atoms with E-state index < -0.39 is 0 Å². The highest BCUT2D eigenvalue weighted by Gasteiger charge is 2.17. The molecular weight excluding hydrogens is 352 g/mol. The quantitative estimate of drug-likeness (QED) is 0.405. The van der Waals surface area contributed by atoms with Crippen LogP contribution in [0, 0.1) is 0 Å². The highest BCUT2D eigenvalue weighted by molar-refractivity contribution is 9.10. The zero-order chi connectivity index (χ0) is 14.6. The average Bonchev–Trinajstić information content (AvgIpc) is 2.88. The Morgan fingerprint density at radius 3 is 2.71 bits per heavy atom. The molecule has 3 aromatic carbocycles. The van der Waals surface area contributed by atoms with Crippen molar-refractivity contribution in [3.05, 3.63) is 52.0 Å². The average molecular weight is 362 g/mol. The highest BCUT2D eigenvalue weighted by Crippen LogP contribution is 2.43. The molecule has 4 rings (SSSR count). The number of rotatable bonds is 1. The van der Waals surface area contributed by atoms with Crippen molar-refractivity contribution in [1.82, 2.24) is 0 Å². The van der Waals surface area contributed by atoms with Crippen LogP contribution in [0.4, 0.5) is 0 Å². The van der Waals surface area contributed by atoms with E-state index in [1.165, 1.54) is 0 Å². The summed E-state index contributed by atoms with van der Waals surface area (Å²) in [5, 5.41) is 4.72. The fraction of sp³-hybridized carbons (Fsp3) is 0.0588. The molecule has 4 heteroatoms. The predicted molar refractivity (Wildman–Crippen MR) is 90.5 cm³/mol. The third-order valence-corrected chi connectivity index (χ3v) is 4.60. The van der Waals surface area contributed by atoms with Crippen LogP contribution in [-0.4, -0.2) is 7.11 Å². The lowest BCUT2D eigenvalue weighted by Gasteiger charge is -2.02. The maximum absolute atomic E-state index is 6.42. The molecule has 2 nitrogen and oxygen atoms in total. The molecular formula is C17H10BrClO2. The molecule has 0 saturated heterocycles. The zero-order valence-electron chi connectivity index (χ0n) is 11.1. The summed E-state index contributed by atoms with van der Waals surface area (Å²) in [6.07, 6.45) is 0. The SMILES string of the molecule is COc1cc(Cl)c2c(c1)oc1c3ccccc3cc(Br)c12. The Morgan fingerprint density at radius 1 is 1.10 bits per heavy atom. The van der Waals surface area contributed by atoms with Crippen LogP contribution in [0.5, 0.6) is 5.75 Å². The zero-order valence-corrected chi connectivity index (χ0v) is 13.5. The van der Waals surface area contributed by atoms with Gasteiger partial charge in [0.1, 0.15) is 16.9 Å². The third-order valence-electron chi connectivity index (χ3n) is 3.68. The van der Waals surface area contributed by atoms with Crippen LogP contribution in [0.2, 0.25) is 5.02 Å². The van der Waals surface area contributed by atoms with Gasteiger partial charge in [0.05, 0.1) is 12.1 Å². The van der Waals surface area contributed by atoms with E-state index in [1.54, 1.807) is 13.2 Å². The van der Waals surface area contributed by atoms with Gasteiger partial charge in [-0.2, -0.15) is 0 Å². The third kappa shape index (κ3) is 1.84. The van der Waals surface area contributed by atoms with Gasteiger partial charge in [0.2, 0.25) is 0 Å². The number of halogens is 2. The Bertz CT molecular complexity index is 1000. The van der Waals surface area contributed by atoms with Crippen molar-refractivity contribution in [1.29, 1.82) is 0 Å². The van der Waals surface area contributed by atoms with Gasteiger partial charge in [-0.3, -0.25) is 0 Å². The maximum atomic E-state index is 6.42. The first-order valence-corrected chi connectivity index (χ1v) is 7.63. The summed E-state index contributed by atoms with van der Waals surface area (Å²) >= 11 is 10.1. The number of ether oxygens (including phenoxy) is 1. The molecule has 0 aliphatic heterocycles. The van der Waals surface area contributed by atoms with E-state index in [0.29, 0.717) is 10.8 Å². The molecule has 0 N–H and O–H groups in total. The molecule has 0 amide bonds. The molecule has 0 radical (unpaired) electrons. The Morgan fingerprint density at radius 2 is 1.90 bits per heavy atom.